The van der Waals surface area contributed by atoms with Crippen molar-refractivity contribution in [2.45, 2.75) is 4.90 Å². The zero-order chi connectivity index (χ0) is 19.6. The van der Waals surface area contributed by atoms with E-state index in [2.05, 4.69) is 5.32 Å². The van der Waals surface area contributed by atoms with Crippen LogP contribution in [0.1, 0.15) is 20.9 Å². The Balaban J connectivity index is 1.84. The summed E-state index contributed by atoms with van der Waals surface area (Å²) in [6, 6.07) is 4.13. The van der Waals surface area contributed by atoms with E-state index in [-0.39, 0.29) is 43.3 Å². The van der Waals surface area contributed by atoms with E-state index in [4.69, 9.17) is 14.3 Å². The van der Waals surface area contributed by atoms with Gasteiger partial charge in [0.25, 0.3) is 5.91 Å². The maximum absolute atomic E-state index is 14.1. The van der Waals surface area contributed by atoms with E-state index in [1.165, 1.54) is 6.07 Å². The Morgan fingerprint density at radius 1 is 1.19 bits per heavy atom. The summed E-state index contributed by atoms with van der Waals surface area (Å²) in [5, 5.41) is 11.2. The first-order chi connectivity index (χ1) is 12.8. The van der Waals surface area contributed by atoms with Gasteiger partial charge in [-0.1, -0.05) is 0 Å². The molecule has 0 aliphatic carbocycles. The fourth-order valence-electron chi connectivity index (χ4n) is 2.46. The van der Waals surface area contributed by atoms with Gasteiger partial charge in [-0.05, 0) is 18.2 Å². The molecule has 0 saturated carbocycles. The van der Waals surface area contributed by atoms with Gasteiger partial charge < -0.3 is 19.6 Å². The first kappa shape index (κ1) is 19.0. The second-order valence-corrected chi connectivity index (χ2v) is 7.53. The number of halogens is 1. The number of nitrogens with zero attached hydrogens (tertiary/aromatic N) is 1. The van der Waals surface area contributed by atoms with Crippen LogP contribution in [0.5, 0.6) is 0 Å². The molecule has 27 heavy (non-hydrogen) atoms. The minimum absolute atomic E-state index is 0.0153. The predicted molar refractivity (Wildman–Crippen MR) is 89.6 cm³/mol. The Morgan fingerprint density at radius 2 is 1.89 bits per heavy atom. The van der Waals surface area contributed by atoms with Crippen molar-refractivity contribution >= 4 is 27.6 Å². The molecule has 1 aliphatic heterocycles. The maximum Gasteiger partial charge on any atom is 0.338 e. The molecule has 1 saturated heterocycles. The average molecular weight is 398 g/mol. The van der Waals surface area contributed by atoms with Crippen LogP contribution in [0.15, 0.2) is 39.8 Å². The van der Waals surface area contributed by atoms with Crippen LogP contribution in [-0.2, 0) is 14.8 Å². The molecule has 1 aromatic heterocycles. The number of hydrogen-bond donors (Lipinski definition) is 2. The lowest BCUT2D eigenvalue weighted by Crippen LogP contribution is -2.40. The van der Waals surface area contributed by atoms with E-state index in [0.29, 0.717) is 0 Å². The lowest BCUT2D eigenvalue weighted by atomic mass is 10.3. The van der Waals surface area contributed by atoms with E-state index in [1.807, 2.05) is 0 Å². The van der Waals surface area contributed by atoms with Gasteiger partial charge in [0.05, 0.1) is 18.8 Å². The topological polar surface area (TPSA) is 126 Å². The lowest BCUT2D eigenvalue weighted by molar-refractivity contribution is 0.0696. The highest BCUT2D eigenvalue weighted by atomic mass is 32.2. The van der Waals surface area contributed by atoms with Gasteiger partial charge in [-0.15, -0.1) is 0 Å². The summed E-state index contributed by atoms with van der Waals surface area (Å²) in [6.45, 7) is 0.620. The number of sulfonamides is 1. The number of aromatic carboxylic acids is 1. The van der Waals surface area contributed by atoms with Crippen molar-refractivity contribution in [2.75, 3.05) is 31.6 Å². The van der Waals surface area contributed by atoms with Crippen molar-refractivity contribution < 1.29 is 36.7 Å². The molecule has 9 nitrogen and oxygen atoms in total. The summed E-state index contributed by atoms with van der Waals surface area (Å²) < 4.78 is 50.5. The number of ether oxygens (including phenoxy) is 1. The highest BCUT2D eigenvalue weighted by Crippen LogP contribution is 2.24. The Labute approximate surface area is 153 Å². The highest BCUT2D eigenvalue weighted by molar-refractivity contribution is 7.89. The normalized spacial score (nSPS) is 15.4. The first-order valence-corrected chi connectivity index (χ1v) is 9.23. The molecule has 2 heterocycles. The van der Waals surface area contributed by atoms with Crippen LogP contribution in [0.4, 0.5) is 10.1 Å². The monoisotopic (exact) mass is 398 g/mol. The summed E-state index contributed by atoms with van der Waals surface area (Å²) in [5.74, 6) is -3.30. The molecule has 3 rings (SSSR count). The number of benzene rings is 1. The summed E-state index contributed by atoms with van der Waals surface area (Å²) in [7, 11) is -4.10. The SMILES string of the molecule is O=C(O)c1coc(C(=O)Nc2ccc(F)c(S(=O)(=O)N3CCOCC3)c2)c1. The van der Waals surface area contributed by atoms with Crippen LogP contribution >= 0.6 is 0 Å². The number of rotatable bonds is 5. The second-order valence-electron chi connectivity index (χ2n) is 5.62. The van der Waals surface area contributed by atoms with E-state index >= 15 is 0 Å². The van der Waals surface area contributed by atoms with E-state index < -0.39 is 32.6 Å². The molecule has 2 aromatic rings. The molecule has 1 aromatic carbocycles. The molecule has 144 valence electrons. The van der Waals surface area contributed by atoms with Gasteiger partial charge >= 0.3 is 5.97 Å². The number of carbonyl (C=O) groups is 2. The van der Waals surface area contributed by atoms with Gasteiger partial charge in [0.2, 0.25) is 10.0 Å². The Kier molecular flexibility index (Phi) is 5.26. The Morgan fingerprint density at radius 3 is 2.52 bits per heavy atom. The molecule has 0 spiro atoms. The number of anilines is 1. The molecular weight excluding hydrogens is 383 g/mol. The summed E-state index contributed by atoms with van der Waals surface area (Å²) in [5.41, 5.74) is -0.198. The Hall–Kier alpha value is -2.76. The maximum atomic E-state index is 14.1. The molecule has 0 atom stereocenters. The van der Waals surface area contributed by atoms with E-state index in [9.17, 15) is 22.4 Å². The summed E-state index contributed by atoms with van der Waals surface area (Å²) in [6.07, 6.45) is 0.899. The van der Waals surface area contributed by atoms with Crippen LogP contribution in [0.3, 0.4) is 0 Å². The molecule has 0 bridgehead atoms. The van der Waals surface area contributed by atoms with Gasteiger partial charge in [-0.3, -0.25) is 4.79 Å². The average Bonchev–Trinajstić information content (AvgIpc) is 3.14. The van der Waals surface area contributed by atoms with Crippen molar-refractivity contribution in [3.05, 3.63) is 47.7 Å². The predicted octanol–water partition coefficient (Wildman–Crippen LogP) is 1.39. The van der Waals surface area contributed by atoms with Gasteiger partial charge in [0.15, 0.2) is 5.76 Å². The van der Waals surface area contributed by atoms with Gasteiger partial charge in [0.1, 0.15) is 17.0 Å². The molecule has 1 aliphatic rings. The van der Waals surface area contributed by atoms with Crippen LogP contribution in [0.25, 0.3) is 0 Å². The fourth-order valence-corrected chi connectivity index (χ4v) is 3.96. The van der Waals surface area contributed by atoms with Crippen molar-refractivity contribution in [3.8, 4) is 0 Å². The van der Waals surface area contributed by atoms with Gasteiger partial charge in [0, 0.05) is 24.8 Å². The van der Waals surface area contributed by atoms with Gasteiger partial charge in [-0.2, -0.15) is 4.31 Å². The van der Waals surface area contributed by atoms with Gasteiger partial charge in [-0.25, -0.2) is 17.6 Å². The Bertz CT molecular complexity index is 980. The fraction of sp³-hybridized carbons (Fsp3) is 0.250. The molecule has 1 amide bonds. The number of furan rings is 1. The zero-order valence-electron chi connectivity index (χ0n) is 13.8. The number of carboxylic acids is 1. The smallest absolute Gasteiger partial charge is 0.338 e. The number of amides is 1. The van der Waals surface area contributed by atoms with Crippen LogP contribution in [-0.4, -0.2) is 56.0 Å². The molecule has 11 heteroatoms. The minimum Gasteiger partial charge on any atom is -0.478 e. The van der Waals surface area contributed by atoms with Crippen molar-refractivity contribution in [1.82, 2.24) is 4.31 Å². The summed E-state index contributed by atoms with van der Waals surface area (Å²) >= 11 is 0. The standard InChI is InChI=1S/C16H15FN2O7S/c17-12-2-1-11(18-15(20)13-7-10(9-26-13)16(21)22)8-14(12)27(23,24)19-3-5-25-6-4-19/h1-2,7-9H,3-6H2,(H,18,20)(H,21,22). The van der Waals surface area contributed by atoms with Crippen molar-refractivity contribution in [2.24, 2.45) is 0 Å². The van der Waals surface area contributed by atoms with Crippen LogP contribution < -0.4 is 5.32 Å². The van der Waals surface area contributed by atoms with E-state index in [1.54, 1.807) is 0 Å². The molecule has 0 unspecified atom stereocenters. The van der Waals surface area contributed by atoms with Crippen molar-refractivity contribution in [3.63, 3.8) is 0 Å². The first-order valence-electron chi connectivity index (χ1n) is 7.79. The number of carbonyl (C=O) groups excluding carboxylic acids is 1. The number of hydrogen-bond acceptors (Lipinski definition) is 6. The zero-order valence-corrected chi connectivity index (χ0v) is 14.7. The third-order valence-corrected chi connectivity index (χ3v) is 5.76. The molecule has 2 N–H and O–H groups in total. The highest BCUT2D eigenvalue weighted by Gasteiger charge is 2.29. The quantitative estimate of drug-likeness (QED) is 0.779. The van der Waals surface area contributed by atoms with Crippen LogP contribution in [0.2, 0.25) is 0 Å². The largest absolute Gasteiger partial charge is 0.478 e. The third kappa shape index (κ3) is 3.99. The molecule has 0 radical (unpaired) electrons. The van der Waals surface area contributed by atoms with Crippen molar-refractivity contribution in [1.29, 1.82) is 0 Å². The lowest BCUT2D eigenvalue weighted by Gasteiger charge is -2.26. The third-order valence-electron chi connectivity index (χ3n) is 3.85. The number of carboxylic acid groups (broad SMARTS) is 1. The number of nitrogens with one attached hydrogen (secondary N) is 1. The second kappa shape index (κ2) is 7.47. The summed E-state index contributed by atoms with van der Waals surface area (Å²) in [4.78, 5) is 22.4. The molecular formula is C16H15FN2O7S. The minimum atomic E-state index is -4.10. The molecule has 1 fully saturated rings. The van der Waals surface area contributed by atoms with Crippen LogP contribution in [0, 0.1) is 5.82 Å². The number of morpholine rings is 1. The van der Waals surface area contributed by atoms with E-state index in [0.717, 1.165) is 28.8 Å².